The molecule has 1 saturated carbocycles. The van der Waals surface area contributed by atoms with E-state index in [1.807, 2.05) is 12.1 Å². The highest BCUT2D eigenvalue weighted by Crippen LogP contribution is 2.36. The van der Waals surface area contributed by atoms with Crippen molar-refractivity contribution < 1.29 is 0 Å². The van der Waals surface area contributed by atoms with E-state index in [0.29, 0.717) is 6.04 Å². The number of hydrogen-bond acceptors (Lipinski definition) is 1. The van der Waals surface area contributed by atoms with Crippen molar-refractivity contribution in [2.24, 2.45) is 11.8 Å². The highest BCUT2D eigenvalue weighted by molar-refractivity contribution is 6.30. The second-order valence-corrected chi connectivity index (χ2v) is 6.84. The summed E-state index contributed by atoms with van der Waals surface area (Å²) in [4.78, 5) is 2.33. The molecule has 0 bridgehead atoms. The lowest BCUT2D eigenvalue weighted by molar-refractivity contribution is 0.204. The first kappa shape index (κ1) is 14.9. The number of benzene rings is 1. The lowest BCUT2D eigenvalue weighted by Gasteiger charge is -2.32. The van der Waals surface area contributed by atoms with Crippen molar-refractivity contribution in [3.63, 3.8) is 0 Å². The number of rotatable bonds is 6. The van der Waals surface area contributed by atoms with Crippen LogP contribution in [0.25, 0.3) is 0 Å². The van der Waals surface area contributed by atoms with Gasteiger partial charge in [-0.15, -0.1) is 0 Å². The molecule has 1 fully saturated rings. The van der Waals surface area contributed by atoms with E-state index in [4.69, 9.17) is 11.6 Å². The summed E-state index contributed by atoms with van der Waals surface area (Å²) in [5.74, 6) is 1.80. The second kappa shape index (κ2) is 6.76. The zero-order valence-electron chi connectivity index (χ0n) is 12.4. The van der Waals surface area contributed by atoms with Crippen molar-refractivity contribution in [3.05, 3.63) is 34.9 Å². The molecule has 106 valence electrons. The summed E-state index contributed by atoms with van der Waals surface area (Å²) in [6, 6.07) is 8.85. The van der Waals surface area contributed by atoms with Gasteiger partial charge in [0.15, 0.2) is 0 Å². The number of hydrogen-bond donors (Lipinski definition) is 0. The minimum atomic E-state index is 0.507. The van der Waals surface area contributed by atoms with Crippen LogP contribution in [-0.4, -0.2) is 19.0 Å². The Morgan fingerprint density at radius 1 is 1.21 bits per heavy atom. The zero-order valence-corrected chi connectivity index (χ0v) is 13.2. The van der Waals surface area contributed by atoms with E-state index in [1.54, 1.807) is 0 Å². The lowest BCUT2D eigenvalue weighted by Crippen LogP contribution is -2.23. The summed E-state index contributed by atoms with van der Waals surface area (Å²) in [6.07, 6.45) is 7.00. The van der Waals surface area contributed by atoms with Gasteiger partial charge in [-0.2, -0.15) is 0 Å². The zero-order chi connectivity index (χ0) is 13.8. The summed E-state index contributed by atoms with van der Waals surface area (Å²) < 4.78 is 0. The summed E-state index contributed by atoms with van der Waals surface area (Å²) in [7, 11) is 4.35. The van der Waals surface area contributed by atoms with Crippen LogP contribution in [0.3, 0.4) is 0 Å². The Hall–Kier alpha value is -0.530. The summed E-state index contributed by atoms with van der Waals surface area (Å²) in [6.45, 7) is 2.41. The van der Waals surface area contributed by atoms with Gasteiger partial charge in [-0.1, -0.05) is 49.9 Å². The molecule has 0 spiro atoms. The molecule has 0 aliphatic heterocycles. The Labute approximate surface area is 123 Å². The first-order valence-corrected chi connectivity index (χ1v) is 7.86. The van der Waals surface area contributed by atoms with Gasteiger partial charge in [0.25, 0.3) is 0 Å². The maximum Gasteiger partial charge on any atom is 0.0406 e. The highest BCUT2D eigenvalue weighted by atomic mass is 35.5. The predicted octanol–water partition coefficient (Wildman–Crippen LogP) is 5.16. The molecule has 0 aromatic heterocycles. The Bertz CT molecular complexity index is 381. The van der Waals surface area contributed by atoms with E-state index in [2.05, 4.69) is 38.1 Å². The lowest BCUT2D eigenvalue weighted by atomic mass is 9.77. The van der Waals surface area contributed by atoms with Crippen LogP contribution in [-0.2, 0) is 0 Å². The van der Waals surface area contributed by atoms with Crippen molar-refractivity contribution in [3.8, 4) is 0 Å². The van der Waals surface area contributed by atoms with Crippen molar-refractivity contribution in [2.75, 3.05) is 14.1 Å². The molecule has 1 nitrogen and oxygen atoms in total. The molecule has 1 aliphatic carbocycles. The molecule has 0 saturated heterocycles. The van der Waals surface area contributed by atoms with E-state index in [9.17, 15) is 0 Å². The van der Waals surface area contributed by atoms with E-state index in [1.165, 1.54) is 37.7 Å². The van der Waals surface area contributed by atoms with Gasteiger partial charge in [-0.05, 0) is 56.5 Å². The van der Waals surface area contributed by atoms with Gasteiger partial charge in [-0.25, -0.2) is 0 Å². The van der Waals surface area contributed by atoms with Crippen LogP contribution in [0, 0.1) is 11.8 Å². The molecular weight excluding hydrogens is 254 g/mol. The van der Waals surface area contributed by atoms with Gasteiger partial charge in [0.05, 0.1) is 0 Å². The smallest absolute Gasteiger partial charge is 0.0406 e. The summed E-state index contributed by atoms with van der Waals surface area (Å²) >= 11 is 5.98. The van der Waals surface area contributed by atoms with Crippen LogP contribution < -0.4 is 0 Å². The van der Waals surface area contributed by atoms with Crippen molar-refractivity contribution in [1.29, 1.82) is 0 Å². The Balaban J connectivity index is 1.96. The molecular formula is C17H26ClN. The highest BCUT2D eigenvalue weighted by Gasteiger charge is 2.23. The molecule has 19 heavy (non-hydrogen) atoms. The first-order valence-electron chi connectivity index (χ1n) is 7.48. The van der Waals surface area contributed by atoms with Crippen molar-refractivity contribution in [2.45, 2.75) is 45.1 Å². The molecule has 1 aromatic rings. The molecule has 0 heterocycles. The third-order valence-electron chi connectivity index (χ3n) is 4.46. The molecule has 1 aromatic carbocycles. The quantitative estimate of drug-likeness (QED) is 0.695. The van der Waals surface area contributed by atoms with E-state index >= 15 is 0 Å². The van der Waals surface area contributed by atoms with Gasteiger partial charge in [0.1, 0.15) is 0 Å². The fourth-order valence-electron chi connectivity index (χ4n) is 3.10. The minimum absolute atomic E-state index is 0.507. The van der Waals surface area contributed by atoms with E-state index < -0.39 is 0 Å². The van der Waals surface area contributed by atoms with Crippen LogP contribution in [0.4, 0.5) is 0 Å². The SMILES string of the molecule is CC(CC1CCC1)CC(c1ccc(Cl)cc1)N(C)C. The van der Waals surface area contributed by atoms with Crippen LogP contribution in [0.5, 0.6) is 0 Å². The monoisotopic (exact) mass is 279 g/mol. The summed E-state index contributed by atoms with van der Waals surface area (Å²) in [5, 5.41) is 0.823. The fraction of sp³-hybridized carbons (Fsp3) is 0.647. The van der Waals surface area contributed by atoms with Gasteiger partial charge >= 0.3 is 0 Å². The van der Waals surface area contributed by atoms with E-state index in [0.717, 1.165) is 16.9 Å². The van der Waals surface area contributed by atoms with Crippen LogP contribution in [0.1, 0.15) is 50.6 Å². The average Bonchev–Trinajstić information content (AvgIpc) is 2.32. The standard InChI is InChI=1S/C17H26ClN/c1-13(11-14-5-4-6-14)12-17(19(2)3)15-7-9-16(18)10-8-15/h7-10,13-14,17H,4-6,11-12H2,1-3H3. The molecule has 0 amide bonds. The molecule has 2 atom stereocenters. The van der Waals surface area contributed by atoms with Gasteiger partial charge in [-0.3, -0.25) is 0 Å². The number of halogens is 1. The largest absolute Gasteiger partial charge is 0.302 e. The minimum Gasteiger partial charge on any atom is -0.302 e. The topological polar surface area (TPSA) is 3.24 Å². The van der Waals surface area contributed by atoms with Crippen LogP contribution >= 0.6 is 11.6 Å². The summed E-state index contributed by atoms with van der Waals surface area (Å²) in [5.41, 5.74) is 1.38. The van der Waals surface area contributed by atoms with Crippen LogP contribution in [0.15, 0.2) is 24.3 Å². The van der Waals surface area contributed by atoms with Crippen molar-refractivity contribution in [1.82, 2.24) is 4.90 Å². The molecule has 0 radical (unpaired) electrons. The Morgan fingerprint density at radius 2 is 1.84 bits per heavy atom. The average molecular weight is 280 g/mol. The van der Waals surface area contributed by atoms with Crippen molar-refractivity contribution >= 4 is 11.6 Å². The molecule has 2 heteroatoms. The third-order valence-corrected chi connectivity index (χ3v) is 4.72. The fourth-order valence-corrected chi connectivity index (χ4v) is 3.23. The Morgan fingerprint density at radius 3 is 2.32 bits per heavy atom. The van der Waals surface area contributed by atoms with Gasteiger partial charge in [0.2, 0.25) is 0 Å². The molecule has 2 rings (SSSR count). The molecule has 0 N–H and O–H groups in total. The van der Waals surface area contributed by atoms with Gasteiger partial charge < -0.3 is 4.90 Å². The molecule has 1 aliphatic rings. The number of nitrogens with zero attached hydrogens (tertiary/aromatic N) is 1. The first-order chi connectivity index (χ1) is 9.06. The molecule has 2 unspecified atom stereocenters. The normalized spacial score (nSPS) is 19.2. The maximum absolute atomic E-state index is 5.98. The second-order valence-electron chi connectivity index (χ2n) is 6.40. The maximum atomic E-state index is 5.98. The van der Waals surface area contributed by atoms with Gasteiger partial charge in [0, 0.05) is 11.1 Å². The van der Waals surface area contributed by atoms with Crippen LogP contribution in [0.2, 0.25) is 5.02 Å². The predicted molar refractivity (Wildman–Crippen MR) is 83.6 cm³/mol. The Kier molecular flexibility index (Phi) is 5.29. The third kappa shape index (κ3) is 4.22. The van der Waals surface area contributed by atoms with E-state index in [-0.39, 0.29) is 0 Å².